The molecule has 1 aliphatic rings. The van der Waals surface area contributed by atoms with Crippen molar-refractivity contribution in [2.24, 2.45) is 0 Å². The normalized spacial score (nSPS) is 23.4. The summed E-state index contributed by atoms with van der Waals surface area (Å²) in [7, 11) is -1.80. The number of hydrogen-bond acceptors (Lipinski definition) is 3. The van der Waals surface area contributed by atoms with Gasteiger partial charge in [0.25, 0.3) is 0 Å². The first-order chi connectivity index (χ1) is 8.83. The zero-order valence-electron chi connectivity index (χ0n) is 14.5. The van der Waals surface area contributed by atoms with E-state index in [4.69, 9.17) is 4.43 Å². The highest BCUT2D eigenvalue weighted by Gasteiger charge is 2.40. The van der Waals surface area contributed by atoms with E-state index in [9.17, 15) is 4.79 Å². The molecule has 4 nitrogen and oxygen atoms in total. The van der Waals surface area contributed by atoms with Gasteiger partial charge in [-0.15, -0.1) is 0 Å². The topological polar surface area (TPSA) is 41.6 Å². The average Bonchev–Trinajstić information content (AvgIpc) is 2.38. The maximum Gasteiger partial charge on any atom is 0.234 e. The summed E-state index contributed by atoms with van der Waals surface area (Å²) >= 11 is 0. The van der Waals surface area contributed by atoms with E-state index < -0.39 is 8.32 Å². The lowest BCUT2D eigenvalue weighted by molar-refractivity contribution is -0.122. The van der Waals surface area contributed by atoms with E-state index in [0.717, 1.165) is 6.54 Å². The third kappa shape index (κ3) is 4.57. The molecule has 0 aromatic carbocycles. The highest BCUT2D eigenvalue weighted by molar-refractivity contribution is 6.74. The van der Waals surface area contributed by atoms with Gasteiger partial charge >= 0.3 is 0 Å². The Hall–Kier alpha value is -0.393. The highest BCUT2D eigenvalue weighted by Crippen LogP contribution is 2.37. The van der Waals surface area contributed by atoms with Gasteiger partial charge in [0, 0.05) is 18.6 Å². The van der Waals surface area contributed by atoms with Crippen LogP contribution in [0.25, 0.3) is 0 Å². The van der Waals surface area contributed by atoms with Crippen LogP contribution in [0.5, 0.6) is 0 Å². The Balaban J connectivity index is 2.83. The second-order valence-electron chi connectivity index (χ2n) is 8.36. The second kappa shape index (κ2) is 5.77. The predicted molar refractivity (Wildman–Crippen MR) is 86.4 cm³/mol. The van der Waals surface area contributed by atoms with Crippen molar-refractivity contribution in [2.45, 2.75) is 71.3 Å². The van der Waals surface area contributed by atoms with Gasteiger partial charge in [-0.1, -0.05) is 20.8 Å². The molecule has 1 fully saturated rings. The summed E-state index contributed by atoms with van der Waals surface area (Å²) < 4.78 is 6.48. The molecule has 1 atom stereocenters. The van der Waals surface area contributed by atoms with E-state index in [1.807, 2.05) is 0 Å². The molecule has 0 saturated carbocycles. The molecule has 118 valence electrons. The van der Waals surface area contributed by atoms with E-state index >= 15 is 0 Å². The molecule has 0 aromatic rings. The zero-order valence-corrected chi connectivity index (χ0v) is 15.5. The van der Waals surface area contributed by atoms with Crippen LogP contribution in [0.2, 0.25) is 18.1 Å². The molecule has 1 aliphatic heterocycles. The van der Waals surface area contributed by atoms with Crippen LogP contribution in [0.3, 0.4) is 0 Å². The lowest BCUT2D eigenvalue weighted by Crippen LogP contribution is -2.51. The maximum atomic E-state index is 11.9. The van der Waals surface area contributed by atoms with Crippen molar-refractivity contribution in [1.82, 2.24) is 10.2 Å². The minimum absolute atomic E-state index is 0.0171. The molecule has 1 rings (SSSR count). The van der Waals surface area contributed by atoms with Crippen molar-refractivity contribution in [3.63, 3.8) is 0 Å². The third-order valence-corrected chi connectivity index (χ3v) is 9.04. The standard InChI is InChI=1S/C15H32N2O2Si/c1-14(2,3)17-10-12(9-16-13(18)11-17)19-20(7,8)15(4,5)6/h12H,9-11H2,1-8H3,(H,16,18)/t12-/m0/s1. The van der Waals surface area contributed by atoms with E-state index in [1.54, 1.807) is 0 Å². The Morgan fingerprint density at radius 2 is 1.75 bits per heavy atom. The first-order valence-corrected chi connectivity index (χ1v) is 10.4. The molecule has 5 heteroatoms. The maximum absolute atomic E-state index is 11.9. The number of carbonyl (C=O) groups is 1. The molecule has 0 spiro atoms. The van der Waals surface area contributed by atoms with Crippen molar-refractivity contribution < 1.29 is 9.22 Å². The first kappa shape index (κ1) is 17.7. The summed E-state index contributed by atoms with van der Waals surface area (Å²) in [5.41, 5.74) is -0.0171. The minimum atomic E-state index is -1.80. The molecule has 0 radical (unpaired) electrons. The quantitative estimate of drug-likeness (QED) is 0.797. The van der Waals surface area contributed by atoms with Crippen LogP contribution in [0.15, 0.2) is 0 Å². The molecular weight excluding hydrogens is 268 g/mol. The largest absolute Gasteiger partial charge is 0.411 e. The fraction of sp³-hybridized carbons (Fsp3) is 0.933. The summed E-state index contributed by atoms with van der Waals surface area (Å²) in [5, 5.41) is 3.18. The van der Waals surface area contributed by atoms with Crippen molar-refractivity contribution in [3.8, 4) is 0 Å². The summed E-state index contributed by atoms with van der Waals surface area (Å²) in [5.74, 6) is 0.0984. The summed E-state index contributed by atoms with van der Waals surface area (Å²) in [4.78, 5) is 14.1. The van der Waals surface area contributed by atoms with Crippen LogP contribution >= 0.6 is 0 Å². The highest BCUT2D eigenvalue weighted by atomic mass is 28.4. The van der Waals surface area contributed by atoms with E-state index in [0.29, 0.717) is 13.1 Å². The molecule has 0 aliphatic carbocycles. The molecule has 1 heterocycles. The van der Waals surface area contributed by atoms with Gasteiger partial charge in [-0.25, -0.2) is 0 Å². The molecule has 0 unspecified atom stereocenters. The number of carbonyl (C=O) groups excluding carboxylic acids is 1. The summed E-state index contributed by atoms with van der Waals surface area (Å²) in [6, 6.07) is 0. The van der Waals surface area contributed by atoms with Gasteiger partial charge in [0.15, 0.2) is 8.32 Å². The van der Waals surface area contributed by atoms with Crippen molar-refractivity contribution in [2.75, 3.05) is 19.6 Å². The van der Waals surface area contributed by atoms with Gasteiger partial charge in [-0.05, 0) is 38.9 Å². The Kier molecular flexibility index (Phi) is 5.10. The summed E-state index contributed by atoms with van der Waals surface area (Å²) in [6.45, 7) is 19.6. The van der Waals surface area contributed by atoms with E-state index in [-0.39, 0.29) is 22.6 Å². The van der Waals surface area contributed by atoms with E-state index in [1.165, 1.54) is 0 Å². The Labute approximate surface area is 125 Å². The monoisotopic (exact) mass is 300 g/mol. The van der Waals surface area contributed by atoms with Gasteiger partial charge in [-0.3, -0.25) is 9.69 Å². The Morgan fingerprint density at radius 1 is 1.20 bits per heavy atom. The smallest absolute Gasteiger partial charge is 0.234 e. The van der Waals surface area contributed by atoms with Gasteiger partial charge in [-0.2, -0.15) is 0 Å². The number of nitrogens with zero attached hydrogens (tertiary/aromatic N) is 1. The molecule has 0 bridgehead atoms. The van der Waals surface area contributed by atoms with Crippen LogP contribution in [0.4, 0.5) is 0 Å². The van der Waals surface area contributed by atoms with Gasteiger partial charge in [0.05, 0.1) is 12.6 Å². The van der Waals surface area contributed by atoms with Gasteiger partial charge in [0.2, 0.25) is 5.91 Å². The fourth-order valence-electron chi connectivity index (χ4n) is 2.02. The Morgan fingerprint density at radius 3 is 2.20 bits per heavy atom. The van der Waals surface area contributed by atoms with E-state index in [2.05, 4.69) is 64.9 Å². The second-order valence-corrected chi connectivity index (χ2v) is 13.1. The van der Waals surface area contributed by atoms with Crippen molar-refractivity contribution in [1.29, 1.82) is 0 Å². The summed E-state index contributed by atoms with van der Waals surface area (Å²) in [6.07, 6.45) is 0.0848. The molecule has 0 aromatic heterocycles. The molecule has 20 heavy (non-hydrogen) atoms. The SMILES string of the molecule is CC(C)(C)N1CC(=O)NC[C@H](O[Si](C)(C)C(C)(C)C)C1. The molecular formula is C15H32N2O2Si. The lowest BCUT2D eigenvalue weighted by Gasteiger charge is -2.41. The zero-order chi connectivity index (χ0) is 15.8. The van der Waals surface area contributed by atoms with Crippen molar-refractivity contribution in [3.05, 3.63) is 0 Å². The number of nitrogens with one attached hydrogen (secondary N) is 1. The average molecular weight is 301 g/mol. The number of rotatable bonds is 2. The lowest BCUT2D eigenvalue weighted by atomic mass is 10.1. The third-order valence-electron chi connectivity index (χ3n) is 4.50. The molecule has 1 N–H and O–H groups in total. The Bertz CT molecular complexity index is 356. The molecule has 1 saturated heterocycles. The van der Waals surface area contributed by atoms with Crippen LogP contribution in [-0.2, 0) is 9.22 Å². The van der Waals surface area contributed by atoms with Crippen LogP contribution in [-0.4, -0.2) is 50.4 Å². The number of amides is 1. The van der Waals surface area contributed by atoms with Crippen molar-refractivity contribution >= 4 is 14.2 Å². The van der Waals surface area contributed by atoms with Crippen LogP contribution in [0, 0.1) is 0 Å². The van der Waals surface area contributed by atoms with Crippen LogP contribution < -0.4 is 5.32 Å². The number of hydrogen-bond donors (Lipinski definition) is 1. The minimum Gasteiger partial charge on any atom is -0.411 e. The fourth-order valence-corrected chi connectivity index (χ4v) is 3.36. The first-order valence-electron chi connectivity index (χ1n) is 7.52. The molecule has 1 amide bonds. The van der Waals surface area contributed by atoms with Gasteiger partial charge in [0.1, 0.15) is 0 Å². The van der Waals surface area contributed by atoms with Crippen LogP contribution in [0.1, 0.15) is 41.5 Å². The van der Waals surface area contributed by atoms with Gasteiger partial charge < -0.3 is 9.74 Å². The predicted octanol–water partition coefficient (Wildman–Crippen LogP) is 2.61.